The normalized spacial score (nSPS) is 11.3. The van der Waals surface area contributed by atoms with E-state index < -0.39 is 0 Å². The molecule has 0 N–H and O–H groups in total. The fourth-order valence-corrected chi connectivity index (χ4v) is 3.89. The van der Waals surface area contributed by atoms with Gasteiger partial charge in [-0.3, -0.25) is 4.40 Å². The zero-order chi connectivity index (χ0) is 20.0. The fourth-order valence-electron chi connectivity index (χ4n) is 3.54. The van der Waals surface area contributed by atoms with Gasteiger partial charge in [0.15, 0.2) is 0 Å². The van der Waals surface area contributed by atoms with Gasteiger partial charge in [-0.25, -0.2) is 0 Å². The van der Waals surface area contributed by atoms with Crippen molar-refractivity contribution in [3.8, 4) is 11.1 Å². The van der Waals surface area contributed by atoms with Gasteiger partial charge < -0.3 is 4.90 Å². The van der Waals surface area contributed by atoms with Crippen LogP contribution in [-0.4, -0.2) is 26.6 Å². The van der Waals surface area contributed by atoms with Crippen LogP contribution < -0.4 is 4.90 Å². The first kappa shape index (κ1) is 17.8. The molecule has 0 atom stereocenters. The standard InChI is InChI=1S/C23H18BrN5/c1-15-6-8-16(9-7-15)17-4-3-5-19(12-17)28(2)22-20-11-10-18(24)13-21(20)29-14-25-27-23(29)26-22/h3-14H,1-2H3. The lowest BCUT2D eigenvalue weighted by atomic mass is 10.0. The van der Waals surface area contributed by atoms with E-state index in [9.17, 15) is 0 Å². The zero-order valence-corrected chi connectivity index (χ0v) is 17.6. The lowest BCUT2D eigenvalue weighted by Crippen LogP contribution is -2.13. The Labute approximate surface area is 176 Å². The van der Waals surface area contributed by atoms with Gasteiger partial charge in [0.2, 0.25) is 0 Å². The summed E-state index contributed by atoms with van der Waals surface area (Å²) in [5.74, 6) is 1.42. The molecule has 0 saturated heterocycles. The summed E-state index contributed by atoms with van der Waals surface area (Å²) in [7, 11) is 2.03. The molecule has 0 aliphatic heterocycles. The highest BCUT2D eigenvalue weighted by Gasteiger charge is 2.15. The summed E-state index contributed by atoms with van der Waals surface area (Å²) in [4.78, 5) is 6.88. The maximum absolute atomic E-state index is 4.78. The van der Waals surface area contributed by atoms with E-state index in [4.69, 9.17) is 4.98 Å². The molecule has 0 unspecified atom stereocenters. The second-order valence-corrected chi connectivity index (χ2v) is 7.99. The Morgan fingerprint density at radius 3 is 2.59 bits per heavy atom. The number of hydrogen-bond acceptors (Lipinski definition) is 4. The SMILES string of the molecule is Cc1ccc(-c2cccc(N(C)c3nc4nncn4c4cc(Br)ccc34)c2)cc1. The number of aryl methyl sites for hydroxylation is 1. The van der Waals surface area contributed by atoms with Crippen LogP contribution in [0.25, 0.3) is 27.8 Å². The molecule has 6 heteroatoms. The Kier molecular flexibility index (Phi) is 4.28. The van der Waals surface area contributed by atoms with E-state index in [-0.39, 0.29) is 0 Å². The number of fused-ring (bicyclic) bond motifs is 3. The summed E-state index contributed by atoms with van der Waals surface area (Å²) in [6, 6.07) is 23.2. The van der Waals surface area contributed by atoms with Gasteiger partial charge in [-0.15, -0.1) is 10.2 Å². The van der Waals surface area contributed by atoms with E-state index in [0.717, 1.165) is 26.9 Å². The Hall–Kier alpha value is -3.25. The number of rotatable bonds is 3. The quantitative estimate of drug-likeness (QED) is 0.354. The molecule has 0 bridgehead atoms. The zero-order valence-electron chi connectivity index (χ0n) is 16.0. The van der Waals surface area contributed by atoms with Crippen LogP contribution in [0.3, 0.4) is 0 Å². The Balaban J connectivity index is 1.65. The molecule has 5 nitrogen and oxygen atoms in total. The molecule has 0 radical (unpaired) electrons. The molecule has 5 rings (SSSR count). The molecule has 142 valence electrons. The van der Waals surface area contributed by atoms with Gasteiger partial charge in [0.05, 0.1) is 5.52 Å². The van der Waals surface area contributed by atoms with E-state index >= 15 is 0 Å². The van der Waals surface area contributed by atoms with Crippen molar-refractivity contribution in [2.75, 3.05) is 11.9 Å². The first-order chi connectivity index (χ1) is 14.1. The average molecular weight is 444 g/mol. The van der Waals surface area contributed by atoms with Crippen LogP contribution in [0.5, 0.6) is 0 Å². The van der Waals surface area contributed by atoms with Gasteiger partial charge in [-0.2, -0.15) is 4.98 Å². The molecule has 0 amide bonds. The van der Waals surface area contributed by atoms with Gasteiger partial charge >= 0.3 is 0 Å². The highest BCUT2D eigenvalue weighted by atomic mass is 79.9. The predicted molar refractivity (Wildman–Crippen MR) is 121 cm³/mol. The lowest BCUT2D eigenvalue weighted by molar-refractivity contribution is 1.08. The number of benzene rings is 3. The number of halogens is 1. The van der Waals surface area contributed by atoms with Crippen molar-refractivity contribution >= 4 is 44.1 Å². The van der Waals surface area contributed by atoms with Crippen molar-refractivity contribution in [1.29, 1.82) is 0 Å². The molecular weight excluding hydrogens is 426 g/mol. The van der Waals surface area contributed by atoms with E-state index in [1.165, 1.54) is 16.7 Å². The summed E-state index contributed by atoms with van der Waals surface area (Å²) in [6.07, 6.45) is 1.69. The summed E-state index contributed by atoms with van der Waals surface area (Å²) < 4.78 is 2.90. The third kappa shape index (κ3) is 3.15. The molecule has 5 aromatic rings. The predicted octanol–water partition coefficient (Wildman–Crippen LogP) is 5.78. The minimum Gasteiger partial charge on any atom is -0.329 e. The highest BCUT2D eigenvalue weighted by Crippen LogP contribution is 2.33. The average Bonchev–Trinajstić information content (AvgIpc) is 3.22. The van der Waals surface area contributed by atoms with Crippen LogP contribution in [0, 0.1) is 6.92 Å². The Morgan fingerprint density at radius 1 is 0.931 bits per heavy atom. The molecule has 29 heavy (non-hydrogen) atoms. The van der Waals surface area contributed by atoms with E-state index in [1.807, 2.05) is 17.5 Å². The van der Waals surface area contributed by atoms with E-state index in [1.54, 1.807) is 6.33 Å². The number of aromatic nitrogens is 4. The number of nitrogens with zero attached hydrogens (tertiary/aromatic N) is 5. The van der Waals surface area contributed by atoms with Crippen LogP contribution in [-0.2, 0) is 0 Å². The molecule has 0 saturated carbocycles. The van der Waals surface area contributed by atoms with Crippen LogP contribution in [0.4, 0.5) is 11.5 Å². The smallest absolute Gasteiger partial charge is 0.257 e. The van der Waals surface area contributed by atoms with Crippen molar-refractivity contribution in [3.05, 3.63) is 83.1 Å². The van der Waals surface area contributed by atoms with Crippen LogP contribution in [0.1, 0.15) is 5.56 Å². The van der Waals surface area contributed by atoms with Gasteiger partial charge in [0, 0.05) is 22.6 Å². The van der Waals surface area contributed by atoms with Gasteiger partial charge in [-0.05, 0) is 48.4 Å². The third-order valence-corrected chi connectivity index (χ3v) is 5.63. The number of hydrogen-bond donors (Lipinski definition) is 0. The van der Waals surface area contributed by atoms with Gasteiger partial charge in [0.25, 0.3) is 5.78 Å². The molecule has 3 aromatic carbocycles. The second-order valence-electron chi connectivity index (χ2n) is 7.07. The second kappa shape index (κ2) is 6.97. The van der Waals surface area contributed by atoms with Gasteiger partial charge in [0.1, 0.15) is 12.1 Å². The van der Waals surface area contributed by atoms with Crippen molar-refractivity contribution < 1.29 is 0 Å². The summed E-state index contributed by atoms with van der Waals surface area (Å²) in [6.45, 7) is 2.10. The molecule has 0 aliphatic carbocycles. The Bertz CT molecular complexity index is 1340. The molecular formula is C23H18BrN5. The minimum absolute atomic E-state index is 0.576. The first-order valence-corrected chi connectivity index (χ1v) is 10.1. The molecule has 0 aliphatic rings. The van der Waals surface area contributed by atoms with Crippen molar-refractivity contribution in [3.63, 3.8) is 0 Å². The van der Waals surface area contributed by atoms with Crippen molar-refractivity contribution in [2.24, 2.45) is 0 Å². The maximum atomic E-state index is 4.78. The minimum atomic E-state index is 0.576. The van der Waals surface area contributed by atoms with Crippen LogP contribution in [0.2, 0.25) is 0 Å². The molecule has 0 spiro atoms. The highest BCUT2D eigenvalue weighted by molar-refractivity contribution is 9.10. The largest absolute Gasteiger partial charge is 0.329 e. The van der Waals surface area contributed by atoms with Crippen molar-refractivity contribution in [1.82, 2.24) is 19.6 Å². The van der Waals surface area contributed by atoms with Crippen LogP contribution in [0.15, 0.2) is 77.5 Å². The fraction of sp³-hybridized carbons (Fsp3) is 0.0870. The summed E-state index contributed by atoms with van der Waals surface area (Å²) in [5, 5.41) is 9.23. The van der Waals surface area contributed by atoms with Gasteiger partial charge in [-0.1, -0.05) is 57.9 Å². The third-order valence-electron chi connectivity index (χ3n) is 5.13. The van der Waals surface area contributed by atoms with E-state index in [0.29, 0.717) is 5.78 Å². The van der Waals surface area contributed by atoms with Crippen LogP contribution >= 0.6 is 15.9 Å². The molecule has 2 aromatic heterocycles. The lowest BCUT2D eigenvalue weighted by Gasteiger charge is -2.21. The summed E-state index contributed by atoms with van der Waals surface area (Å²) in [5.41, 5.74) is 5.69. The first-order valence-electron chi connectivity index (χ1n) is 9.30. The topological polar surface area (TPSA) is 46.3 Å². The van der Waals surface area contributed by atoms with Crippen molar-refractivity contribution in [2.45, 2.75) is 6.92 Å². The maximum Gasteiger partial charge on any atom is 0.257 e. The number of anilines is 2. The Morgan fingerprint density at radius 2 is 1.76 bits per heavy atom. The van der Waals surface area contributed by atoms with E-state index in [2.05, 4.69) is 98.6 Å². The summed E-state index contributed by atoms with van der Waals surface area (Å²) >= 11 is 3.57. The monoisotopic (exact) mass is 443 g/mol. The molecule has 0 fully saturated rings. The molecule has 2 heterocycles.